The second kappa shape index (κ2) is 7.92. The Balaban J connectivity index is 1.47. The van der Waals surface area contributed by atoms with Crippen molar-refractivity contribution < 1.29 is 14.3 Å². The van der Waals surface area contributed by atoms with Crippen LogP contribution in [0, 0.1) is 0 Å². The van der Waals surface area contributed by atoms with Crippen LogP contribution in [0.25, 0.3) is 10.1 Å². The third-order valence-electron chi connectivity index (χ3n) is 4.04. The summed E-state index contributed by atoms with van der Waals surface area (Å²) in [5.74, 6) is -0.503. The number of carbonyl (C=O) groups excluding carboxylic acids is 2. The summed E-state index contributed by atoms with van der Waals surface area (Å²) >= 11 is 2.74. The Labute approximate surface area is 169 Å². The minimum Gasteiger partial charge on any atom is -0.455 e. The summed E-state index contributed by atoms with van der Waals surface area (Å²) in [7, 11) is 0. The van der Waals surface area contributed by atoms with E-state index >= 15 is 0 Å². The van der Waals surface area contributed by atoms with E-state index in [1.807, 2.05) is 60.7 Å². The molecule has 0 aliphatic rings. The van der Waals surface area contributed by atoms with Crippen LogP contribution in [-0.4, -0.2) is 16.9 Å². The Morgan fingerprint density at radius 3 is 2.57 bits per heavy atom. The van der Waals surface area contributed by atoms with E-state index in [2.05, 4.69) is 4.98 Å². The van der Waals surface area contributed by atoms with Gasteiger partial charge in [0.25, 0.3) is 0 Å². The van der Waals surface area contributed by atoms with Gasteiger partial charge in [-0.1, -0.05) is 36.4 Å². The van der Waals surface area contributed by atoms with E-state index < -0.39 is 0 Å². The third kappa shape index (κ3) is 3.81. The summed E-state index contributed by atoms with van der Waals surface area (Å²) in [6, 6.07) is 19.0. The van der Waals surface area contributed by atoms with Crippen LogP contribution in [0.3, 0.4) is 0 Å². The number of fused-ring (bicyclic) bond motifs is 1. The molecule has 0 spiro atoms. The summed E-state index contributed by atoms with van der Waals surface area (Å²) in [5, 5.41) is 3.37. The van der Waals surface area contributed by atoms with E-state index in [4.69, 9.17) is 4.74 Å². The Morgan fingerprint density at radius 2 is 1.82 bits per heavy atom. The van der Waals surface area contributed by atoms with Gasteiger partial charge in [0.05, 0.1) is 11.4 Å². The number of rotatable bonds is 5. The molecule has 7 heteroatoms. The zero-order valence-corrected chi connectivity index (χ0v) is 16.6. The predicted molar refractivity (Wildman–Crippen MR) is 112 cm³/mol. The van der Waals surface area contributed by atoms with Gasteiger partial charge in [-0.25, -0.2) is 9.78 Å². The number of carbonyl (C=O) groups is 2. The molecule has 0 unspecified atom stereocenters. The largest absolute Gasteiger partial charge is 0.455 e. The molecule has 4 aromatic rings. The number of esters is 1. The smallest absolute Gasteiger partial charge is 0.348 e. The maximum Gasteiger partial charge on any atom is 0.348 e. The summed E-state index contributed by atoms with van der Waals surface area (Å²) in [6.07, 6.45) is 0. The molecular formula is C21H16N2O3S2. The molecule has 0 saturated heterocycles. The molecule has 28 heavy (non-hydrogen) atoms. The van der Waals surface area contributed by atoms with Gasteiger partial charge in [-0.2, -0.15) is 0 Å². The number of ether oxygens (including phenoxy) is 1. The first-order valence-electron chi connectivity index (χ1n) is 8.57. The summed E-state index contributed by atoms with van der Waals surface area (Å²) in [4.78, 5) is 31.0. The normalized spacial score (nSPS) is 10.8. The topological polar surface area (TPSA) is 59.5 Å². The first-order chi connectivity index (χ1) is 13.6. The number of thiazole rings is 1. The lowest BCUT2D eigenvalue weighted by atomic mass is 10.2. The lowest BCUT2D eigenvalue weighted by Gasteiger charge is -2.17. The SMILES string of the molecule is CC(=O)N(c1ccccc1)c1nc(COC(=O)c2cc3ccccc3s2)cs1. The van der Waals surface area contributed by atoms with Crippen molar-refractivity contribution in [1.29, 1.82) is 0 Å². The summed E-state index contributed by atoms with van der Waals surface area (Å²) < 4.78 is 6.46. The van der Waals surface area contributed by atoms with Crippen molar-refractivity contribution in [2.45, 2.75) is 13.5 Å². The van der Waals surface area contributed by atoms with Gasteiger partial charge >= 0.3 is 5.97 Å². The van der Waals surface area contributed by atoms with Gasteiger partial charge in [0.2, 0.25) is 5.91 Å². The molecule has 0 N–H and O–H groups in total. The maximum absolute atomic E-state index is 12.4. The molecule has 140 valence electrons. The van der Waals surface area contributed by atoms with Crippen molar-refractivity contribution in [1.82, 2.24) is 4.98 Å². The molecule has 0 bridgehead atoms. The minimum absolute atomic E-state index is 0.0596. The van der Waals surface area contributed by atoms with E-state index in [0.717, 1.165) is 15.8 Å². The van der Waals surface area contributed by atoms with Crippen LogP contribution in [0.2, 0.25) is 0 Å². The second-order valence-electron chi connectivity index (χ2n) is 6.04. The third-order valence-corrected chi connectivity index (χ3v) is 6.01. The molecule has 4 rings (SSSR count). The van der Waals surface area contributed by atoms with Crippen molar-refractivity contribution in [3.63, 3.8) is 0 Å². The van der Waals surface area contributed by atoms with Crippen LogP contribution in [0.15, 0.2) is 66.0 Å². The Morgan fingerprint density at radius 1 is 1.07 bits per heavy atom. The van der Waals surface area contributed by atoms with Crippen LogP contribution < -0.4 is 4.90 Å². The number of nitrogens with zero attached hydrogens (tertiary/aromatic N) is 2. The number of anilines is 2. The molecule has 5 nitrogen and oxygen atoms in total. The van der Waals surface area contributed by atoms with Crippen LogP contribution in [0.4, 0.5) is 10.8 Å². The highest BCUT2D eigenvalue weighted by molar-refractivity contribution is 7.20. The van der Waals surface area contributed by atoms with Crippen molar-refractivity contribution >= 4 is 55.5 Å². The monoisotopic (exact) mass is 408 g/mol. The van der Waals surface area contributed by atoms with E-state index in [-0.39, 0.29) is 18.5 Å². The highest BCUT2D eigenvalue weighted by Gasteiger charge is 2.18. The molecule has 2 aromatic carbocycles. The van der Waals surface area contributed by atoms with Gasteiger partial charge in [-0.3, -0.25) is 9.69 Å². The second-order valence-corrected chi connectivity index (χ2v) is 7.96. The first-order valence-corrected chi connectivity index (χ1v) is 10.3. The lowest BCUT2D eigenvalue weighted by molar-refractivity contribution is -0.115. The predicted octanol–water partition coefficient (Wildman–Crippen LogP) is 5.40. The Hall–Kier alpha value is -3.03. The molecule has 1 amide bonds. The number of thiophene rings is 1. The highest BCUT2D eigenvalue weighted by atomic mass is 32.1. The minimum atomic E-state index is -0.373. The fraction of sp³-hybridized carbons (Fsp3) is 0.0952. The molecule has 2 heterocycles. The molecule has 0 atom stereocenters. The van der Waals surface area contributed by atoms with E-state index in [0.29, 0.717) is 15.7 Å². The van der Waals surface area contributed by atoms with E-state index in [1.54, 1.807) is 10.3 Å². The van der Waals surface area contributed by atoms with E-state index in [9.17, 15) is 9.59 Å². The number of para-hydroxylation sites is 1. The Kier molecular flexibility index (Phi) is 5.18. The summed E-state index contributed by atoms with van der Waals surface area (Å²) in [6.45, 7) is 1.56. The first kappa shape index (κ1) is 18.3. The van der Waals surface area contributed by atoms with Crippen molar-refractivity contribution in [2.24, 2.45) is 0 Å². The number of amides is 1. The standard InChI is InChI=1S/C21H16N2O3S2/c1-14(24)23(17-8-3-2-4-9-17)21-22-16(13-27-21)12-26-20(25)19-11-15-7-5-6-10-18(15)28-19/h2-11,13H,12H2,1H3. The number of hydrogen-bond donors (Lipinski definition) is 0. The van der Waals surface area contributed by atoms with Crippen LogP contribution in [-0.2, 0) is 16.1 Å². The Bertz CT molecular complexity index is 1100. The fourth-order valence-electron chi connectivity index (χ4n) is 2.76. The zero-order valence-electron chi connectivity index (χ0n) is 15.0. The molecule has 0 radical (unpaired) electrons. The molecule has 0 fully saturated rings. The van der Waals surface area contributed by atoms with E-state index in [1.165, 1.54) is 29.6 Å². The molecule has 0 aliphatic carbocycles. The highest BCUT2D eigenvalue weighted by Crippen LogP contribution is 2.29. The average Bonchev–Trinajstić information content (AvgIpc) is 3.34. The maximum atomic E-state index is 12.4. The van der Waals surface area contributed by atoms with Gasteiger partial charge in [-0.15, -0.1) is 22.7 Å². The molecule has 0 saturated carbocycles. The molecule has 0 aliphatic heterocycles. The van der Waals surface area contributed by atoms with Crippen LogP contribution >= 0.6 is 22.7 Å². The van der Waals surface area contributed by atoms with Gasteiger partial charge in [0, 0.05) is 17.0 Å². The van der Waals surface area contributed by atoms with Gasteiger partial charge in [0.15, 0.2) is 5.13 Å². The van der Waals surface area contributed by atoms with Gasteiger partial charge in [0.1, 0.15) is 11.5 Å². The lowest BCUT2D eigenvalue weighted by Crippen LogP contribution is -2.22. The molecule has 2 aromatic heterocycles. The van der Waals surface area contributed by atoms with Crippen LogP contribution in [0.5, 0.6) is 0 Å². The number of benzene rings is 2. The number of hydrogen-bond acceptors (Lipinski definition) is 6. The fourth-order valence-corrected chi connectivity index (χ4v) is 4.59. The zero-order chi connectivity index (χ0) is 19.5. The molecular weight excluding hydrogens is 392 g/mol. The quantitative estimate of drug-likeness (QED) is 0.415. The van der Waals surface area contributed by atoms with Crippen molar-refractivity contribution in [2.75, 3.05) is 4.90 Å². The van der Waals surface area contributed by atoms with Crippen molar-refractivity contribution in [3.8, 4) is 0 Å². The van der Waals surface area contributed by atoms with Gasteiger partial charge in [-0.05, 0) is 29.7 Å². The summed E-state index contributed by atoms with van der Waals surface area (Å²) in [5.41, 5.74) is 1.36. The van der Waals surface area contributed by atoms with Crippen LogP contribution in [0.1, 0.15) is 22.3 Å². The average molecular weight is 409 g/mol. The van der Waals surface area contributed by atoms with Gasteiger partial charge < -0.3 is 4.74 Å². The van der Waals surface area contributed by atoms with Crippen molar-refractivity contribution in [3.05, 3.63) is 76.6 Å². The number of aromatic nitrogens is 1.